The molecule has 1 heterocycles. The van der Waals surface area contributed by atoms with Crippen LogP contribution in [0.2, 0.25) is 5.02 Å². The lowest BCUT2D eigenvalue weighted by Gasteiger charge is -2.17. The van der Waals surface area contributed by atoms with Gasteiger partial charge in [-0.05, 0) is 56.7 Å². The average Bonchev–Trinajstić information content (AvgIpc) is 2.50. The maximum atomic E-state index is 6.01. The lowest BCUT2D eigenvalue weighted by Crippen LogP contribution is -2.24. The number of aromatic nitrogens is 1. The van der Waals surface area contributed by atoms with E-state index in [1.165, 1.54) is 19.4 Å². The number of halogens is 1. The number of fused-ring (bicyclic) bond motifs is 1. The van der Waals surface area contributed by atoms with E-state index in [4.69, 9.17) is 11.6 Å². The Morgan fingerprint density at radius 1 is 1.14 bits per heavy atom. The summed E-state index contributed by atoms with van der Waals surface area (Å²) < 4.78 is 0. The summed E-state index contributed by atoms with van der Waals surface area (Å²) in [5.74, 6) is 0. The molecule has 0 bridgehead atoms. The predicted octanol–water partition coefficient (Wildman–Crippen LogP) is 4.42. The lowest BCUT2D eigenvalue weighted by molar-refractivity contribution is 0.298. The van der Waals surface area contributed by atoms with Gasteiger partial charge in [-0.2, -0.15) is 0 Å². The second-order valence-corrected chi connectivity index (χ2v) is 5.62. The topological polar surface area (TPSA) is 28.2 Å². The molecule has 0 amide bonds. The van der Waals surface area contributed by atoms with Crippen LogP contribution in [0, 0.1) is 0 Å². The van der Waals surface area contributed by atoms with Gasteiger partial charge in [0.25, 0.3) is 0 Å². The van der Waals surface area contributed by atoms with Gasteiger partial charge < -0.3 is 10.2 Å². The smallest absolute Gasteiger partial charge is 0.0737 e. The monoisotopic (exact) mass is 305 g/mol. The van der Waals surface area contributed by atoms with Crippen LogP contribution in [0.3, 0.4) is 0 Å². The quantitative estimate of drug-likeness (QED) is 0.732. The summed E-state index contributed by atoms with van der Waals surface area (Å²) in [6.45, 7) is 8.88. The molecule has 1 aromatic carbocycles. The van der Waals surface area contributed by atoms with Crippen LogP contribution in [-0.2, 0) is 0 Å². The van der Waals surface area contributed by atoms with Crippen molar-refractivity contribution in [2.75, 3.05) is 31.5 Å². The third kappa shape index (κ3) is 4.58. The maximum absolute atomic E-state index is 6.01. The molecule has 0 atom stereocenters. The highest BCUT2D eigenvalue weighted by Crippen LogP contribution is 2.24. The Labute approximate surface area is 132 Å². The van der Waals surface area contributed by atoms with Crippen LogP contribution in [0.15, 0.2) is 30.5 Å². The fraction of sp³-hybridized carbons (Fsp3) is 0.471. The van der Waals surface area contributed by atoms with Crippen molar-refractivity contribution in [3.05, 3.63) is 35.5 Å². The molecule has 0 unspecified atom stereocenters. The van der Waals surface area contributed by atoms with Crippen LogP contribution in [0.1, 0.15) is 26.7 Å². The van der Waals surface area contributed by atoms with Crippen molar-refractivity contribution >= 4 is 28.2 Å². The molecule has 1 N–H and O–H groups in total. The van der Waals surface area contributed by atoms with Crippen molar-refractivity contribution in [2.24, 2.45) is 0 Å². The number of anilines is 1. The summed E-state index contributed by atoms with van der Waals surface area (Å²) >= 11 is 6.01. The summed E-state index contributed by atoms with van der Waals surface area (Å²) in [7, 11) is 0. The van der Waals surface area contributed by atoms with Gasteiger partial charge in [0.05, 0.1) is 5.52 Å². The molecule has 0 fully saturated rings. The molecule has 1 aromatic heterocycles. The van der Waals surface area contributed by atoms with Crippen LogP contribution < -0.4 is 5.32 Å². The van der Waals surface area contributed by atoms with Gasteiger partial charge >= 0.3 is 0 Å². The van der Waals surface area contributed by atoms with E-state index in [1.54, 1.807) is 0 Å². The zero-order valence-electron chi connectivity index (χ0n) is 12.9. The highest BCUT2D eigenvalue weighted by Gasteiger charge is 2.02. The maximum Gasteiger partial charge on any atom is 0.0737 e. The Morgan fingerprint density at radius 3 is 2.71 bits per heavy atom. The van der Waals surface area contributed by atoms with Gasteiger partial charge in [-0.25, -0.2) is 0 Å². The first-order valence-electron chi connectivity index (χ1n) is 7.75. The normalized spacial score (nSPS) is 11.2. The van der Waals surface area contributed by atoms with E-state index in [0.717, 1.165) is 41.2 Å². The molecule has 21 heavy (non-hydrogen) atoms. The first-order valence-corrected chi connectivity index (χ1v) is 8.13. The van der Waals surface area contributed by atoms with Crippen molar-refractivity contribution < 1.29 is 0 Å². The Balaban J connectivity index is 1.86. The summed E-state index contributed by atoms with van der Waals surface area (Å²) in [6, 6.07) is 7.88. The van der Waals surface area contributed by atoms with Crippen LogP contribution in [0.5, 0.6) is 0 Å². The summed E-state index contributed by atoms with van der Waals surface area (Å²) in [4.78, 5) is 6.82. The highest BCUT2D eigenvalue weighted by atomic mass is 35.5. The average molecular weight is 306 g/mol. The minimum absolute atomic E-state index is 0.728. The van der Waals surface area contributed by atoms with Crippen LogP contribution in [0.4, 0.5) is 5.69 Å². The molecule has 0 radical (unpaired) electrons. The Bertz CT molecular complexity index is 567. The van der Waals surface area contributed by atoms with E-state index >= 15 is 0 Å². The van der Waals surface area contributed by atoms with Gasteiger partial charge in [-0.3, -0.25) is 4.98 Å². The van der Waals surface area contributed by atoms with E-state index in [9.17, 15) is 0 Å². The molecule has 0 aliphatic rings. The molecule has 0 saturated heterocycles. The molecule has 2 aromatic rings. The van der Waals surface area contributed by atoms with Gasteiger partial charge in [0, 0.05) is 28.8 Å². The van der Waals surface area contributed by atoms with Gasteiger partial charge in [-0.15, -0.1) is 0 Å². The fourth-order valence-electron chi connectivity index (χ4n) is 2.50. The Kier molecular flexibility index (Phi) is 6.27. The van der Waals surface area contributed by atoms with Crippen LogP contribution in [-0.4, -0.2) is 36.1 Å². The van der Waals surface area contributed by atoms with Gasteiger partial charge in [0.2, 0.25) is 0 Å². The van der Waals surface area contributed by atoms with Crippen LogP contribution >= 0.6 is 11.6 Å². The minimum atomic E-state index is 0.728. The van der Waals surface area contributed by atoms with E-state index in [0.29, 0.717) is 0 Å². The SMILES string of the molecule is CCN(CC)CCCCNc1ccnc2cc(Cl)ccc12. The van der Waals surface area contributed by atoms with Crippen LogP contribution in [0.25, 0.3) is 10.9 Å². The zero-order valence-corrected chi connectivity index (χ0v) is 13.7. The van der Waals surface area contributed by atoms with Gasteiger partial charge in [0.1, 0.15) is 0 Å². The standard InChI is InChI=1S/C17H24ClN3/c1-3-21(4-2)12-6-5-10-19-16-9-11-20-17-13-14(18)7-8-15(16)17/h7-9,11,13H,3-6,10,12H2,1-2H3,(H,19,20). The molecule has 0 saturated carbocycles. The van der Waals surface area contributed by atoms with Crippen molar-refractivity contribution in [2.45, 2.75) is 26.7 Å². The molecule has 4 heteroatoms. The molecule has 0 aliphatic carbocycles. The van der Waals surface area contributed by atoms with Crippen molar-refractivity contribution in [3.8, 4) is 0 Å². The third-order valence-corrected chi connectivity index (χ3v) is 4.05. The number of nitrogens with one attached hydrogen (secondary N) is 1. The molecule has 3 nitrogen and oxygen atoms in total. The molecular formula is C17H24ClN3. The first-order chi connectivity index (χ1) is 10.2. The second-order valence-electron chi connectivity index (χ2n) is 5.18. The molecular weight excluding hydrogens is 282 g/mol. The number of rotatable bonds is 8. The largest absolute Gasteiger partial charge is 0.384 e. The van der Waals surface area contributed by atoms with Gasteiger partial charge in [0.15, 0.2) is 0 Å². The van der Waals surface area contributed by atoms with Crippen molar-refractivity contribution in [1.29, 1.82) is 0 Å². The minimum Gasteiger partial charge on any atom is -0.384 e. The summed E-state index contributed by atoms with van der Waals surface area (Å²) in [5.41, 5.74) is 2.08. The molecule has 0 spiro atoms. The van der Waals surface area contributed by atoms with E-state index < -0.39 is 0 Å². The van der Waals surface area contributed by atoms with E-state index in [-0.39, 0.29) is 0 Å². The highest BCUT2D eigenvalue weighted by molar-refractivity contribution is 6.31. The molecule has 0 aliphatic heterocycles. The first kappa shape index (κ1) is 16.1. The number of benzene rings is 1. The predicted molar refractivity (Wildman–Crippen MR) is 92.3 cm³/mol. The Hall–Kier alpha value is -1.32. The number of hydrogen-bond acceptors (Lipinski definition) is 3. The summed E-state index contributed by atoms with van der Waals surface area (Å²) in [5, 5.41) is 5.37. The zero-order chi connectivity index (χ0) is 15.1. The summed E-state index contributed by atoms with van der Waals surface area (Å²) in [6.07, 6.45) is 4.23. The van der Waals surface area contributed by atoms with Gasteiger partial charge in [-0.1, -0.05) is 25.4 Å². The van der Waals surface area contributed by atoms with Crippen molar-refractivity contribution in [1.82, 2.24) is 9.88 Å². The molecule has 114 valence electrons. The number of hydrogen-bond donors (Lipinski definition) is 1. The van der Waals surface area contributed by atoms with Crippen molar-refractivity contribution in [3.63, 3.8) is 0 Å². The lowest BCUT2D eigenvalue weighted by atomic mass is 10.2. The number of nitrogens with zero attached hydrogens (tertiary/aromatic N) is 2. The number of pyridine rings is 1. The third-order valence-electron chi connectivity index (χ3n) is 3.82. The fourth-order valence-corrected chi connectivity index (χ4v) is 2.67. The Morgan fingerprint density at radius 2 is 1.95 bits per heavy atom. The number of unbranched alkanes of at least 4 members (excludes halogenated alkanes) is 1. The second kappa shape index (κ2) is 8.20. The van der Waals surface area contributed by atoms with E-state index in [2.05, 4.69) is 29.0 Å². The molecule has 2 rings (SSSR count). The van der Waals surface area contributed by atoms with E-state index in [1.807, 2.05) is 30.5 Å².